The van der Waals surface area contributed by atoms with E-state index in [0.717, 1.165) is 81.8 Å². The quantitative estimate of drug-likeness (QED) is 0.533. The highest BCUT2D eigenvalue weighted by Crippen LogP contribution is 2.26. The molecule has 0 bridgehead atoms. The Morgan fingerprint density at radius 1 is 1.06 bits per heavy atom. The highest BCUT2D eigenvalue weighted by atomic mass is 35.5. The number of nitrogens with one attached hydrogen (secondary N) is 1. The summed E-state index contributed by atoms with van der Waals surface area (Å²) in [7, 11) is 2.18. The molecule has 0 spiro atoms. The van der Waals surface area contributed by atoms with Crippen molar-refractivity contribution in [2.75, 3.05) is 45.1 Å². The van der Waals surface area contributed by atoms with Gasteiger partial charge in [0.25, 0.3) is 0 Å². The molecule has 6 heteroatoms. The van der Waals surface area contributed by atoms with E-state index in [1.54, 1.807) is 6.20 Å². The van der Waals surface area contributed by atoms with Gasteiger partial charge in [0.15, 0.2) is 0 Å². The minimum Gasteiger partial charge on any atom is -0.393 e. The minimum absolute atomic E-state index is 0.129. The van der Waals surface area contributed by atoms with E-state index >= 15 is 0 Å². The van der Waals surface area contributed by atoms with Crippen molar-refractivity contribution >= 4 is 17.3 Å². The first-order valence-electron chi connectivity index (χ1n) is 11.6. The SMILES string of the molecule is CN1CCN(Cc2ccc(C#Cc3cnc(Cl)cc3NC[C@H]3CC[C@H](O)CC3)cc2)CC1. The highest BCUT2D eigenvalue weighted by Gasteiger charge is 2.19. The third-order valence-electron chi connectivity index (χ3n) is 6.57. The Hall–Kier alpha value is -2.10. The van der Waals surface area contributed by atoms with Gasteiger partial charge in [-0.3, -0.25) is 4.90 Å². The van der Waals surface area contributed by atoms with Crippen LogP contribution in [0.1, 0.15) is 42.4 Å². The number of aromatic nitrogens is 1. The molecule has 2 fully saturated rings. The second-order valence-electron chi connectivity index (χ2n) is 9.13. The van der Waals surface area contributed by atoms with Gasteiger partial charge < -0.3 is 15.3 Å². The number of piperazine rings is 1. The Balaban J connectivity index is 1.37. The average Bonchev–Trinajstić information content (AvgIpc) is 2.80. The Bertz CT molecular complexity index is 937. The van der Waals surface area contributed by atoms with Crippen molar-refractivity contribution in [3.8, 4) is 11.8 Å². The Morgan fingerprint density at radius 2 is 1.78 bits per heavy atom. The van der Waals surface area contributed by atoms with Crippen molar-refractivity contribution in [2.45, 2.75) is 38.3 Å². The van der Waals surface area contributed by atoms with Gasteiger partial charge >= 0.3 is 0 Å². The molecule has 170 valence electrons. The Labute approximate surface area is 196 Å². The number of likely N-dealkylation sites (N-methyl/N-ethyl adjacent to an activating group) is 1. The maximum atomic E-state index is 9.71. The first-order valence-corrected chi connectivity index (χ1v) is 12.0. The first kappa shape index (κ1) is 23.1. The summed E-state index contributed by atoms with van der Waals surface area (Å²) in [6.07, 6.45) is 5.49. The molecule has 2 heterocycles. The van der Waals surface area contributed by atoms with Gasteiger partial charge in [0, 0.05) is 51.0 Å². The van der Waals surface area contributed by atoms with E-state index in [2.05, 4.69) is 63.3 Å². The number of benzene rings is 1. The van der Waals surface area contributed by atoms with Gasteiger partial charge in [0.1, 0.15) is 5.15 Å². The molecule has 2 aromatic rings. The van der Waals surface area contributed by atoms with Crippen LogP contribution in [0.3, 0.4) is 0 Å². The summed E-state index contributed by atoms with van der Waals surface area (Å²) >= 11 is 6.14. The van der Waals surface area contributed by atoms with Gasteiger partial charge in [-0.1, -0.05) is 35.6 Å². The van der Waals surface area contributed by atoms with Gasteiger partial charge in [-0.2, -0.15) is 0 Å². The molecule has 0 radical (unpaired) electrons. The number of aliphatic hydroxyl groups is 1. The van der Waals surface area contributed by atoms with Crippen LogP contribution in [0.2, 0.25) is 5.15 Å². The first-order chi connectivity index (χ1) is 15.5. The number of hydrogen-bond donors (Lipinski definition) is 2. The molecule has 0 unspecified atom stereocenters. The summed E-state index contributed by atoms with van der Waals surface area (Å²) in [5.41, 5.74) is 4.10. The zero-order valence-electron chi connectivity index (χ0n) is 18.9. The number of anilines is 1. The molecule has 1 saturated carbocycles. The van der Waals surface area contributed by atoms with Gasteiger partial charge in [-0.25, -0.2) is 4.98 Å². The number of halogens is 1. The molecule has 1 saturated heterocycles. The molecule has 0 atom stereocenters. The second-order valence-corrected chi connectivity index (χ2v) is 9.52. The third kappa shape index (κ3) is 6.70. The summed E-state index contributed by atoms with van der Waals surface area (Å²) in [6.45, 7) is 6.38. The number of aliphatic hydroxyl groups excluding tert-OH is 1. The summed E-state index contributed by atoms with van der Waals surface area (Å²) in [4.78, 5) is 9.11. The van der Waals surface area contributed by atoms with Crippen molar-refractivity contribution in [2.24, 2.45) is 5.92 Å². The van der Waals surface area contributed by atoms with Gasteiger partial charge in [-0.15, -0.1) is 0 Å². The fourth-order valence-corrected chi connectivity index (χ4v) is 4.53. The van der Waals surface area contributed by atoms with Crippen LogP contribution >= 0.6 is 11.6 Å². The number of hydrogen-bond acceptors (Lipinski definition) is 5. The van der Waals surface area contributed by atoms with Gasteiger partial charge in [0.2, 0.25) is 0 Å². The molecule has 32 heavy (non-hydrogen) atoms. The molecular weight excluding hydrogens is 420 g/mol. The number of pyridine rings is 1. The topological polar surface area (TPSA) is 51.6 Å². The van der Waals surface area contributed by atoms with E-state index in [-0.39, 0.29) is 6.10 Å². The summed E-state index contributed by atoms with van der Waals surface area (Å²) in [5, 5.41) is 13.7. The van der Waals surface area contributed by atoms with E-state index in [1.807, 2.05) is 6.07 Å². The van der Waals surface area contributed by atoms with Crippen molar-refractivity contribution < 1.29 is 5.11 Å². The van der Waals surface area contributed by atoms with Crippen LogP contribution < -0.4 is 5.32 Å². The maximum absolute atomic E-state index is 9.71. The second kappa shape index (κ2) is 11.2. The summed E-state index contributed by atoms with van der Waals surface area (Å²) in [6, 6.07) is 10.4. The van der Waals surface area contributed by atoms with Gasteiger partial charge in [0.05, 0.1) is 17.4 Å². The maximum Gasteiger partial charge on any atom is 0.131 e. The lowest BCUT2D eigenvalue weighted by molar-refractivity contribution is 0.111. The minimum atomic E-state index is -0.129. The predicted molar refractivity (Wildman–Crippen MR) is 131 cm³/mol. The smallest absolute Gasteiger partial charge is 0.131 e. The standard InChI is InChI=1S/C26H33ClN4O/c1-30-12-14-31(15-13-30)19-22-4-2-20(3-5-22)6-9-23-18-29-26(27)16-25(23)28-17-21-7-10-24(32)11-8-21/h2-5,16,18,21,24,32H,7-8,10-15,17,19H2,1H3,(H,28,29)/t21-,24-. The highest BCUT2D eigenvalue weighted by molar-refractivity contribution is 6.29. The van der Waals surface area contributed by atoms with Crippen molar-refractivity contribution in [3.63, 3.8) is 0 Å². The average molecular weight is 453 g/mol. The molecule has 0 amide bonds. The lowest BCUT2D eigenvalue weighted by atomic mass is 9.87. The molecule has 1 aromatic heterocycles. The molecule has 2 N–H and O–H groups in total. The number of nitrogens with zero attached hydrogens (tertiary/aromatic N) is 3. The predicted octanol–water partition coefficient (Wildman–Crippen LogP) is 3.85. The molecule has 1 aliphatic carbocycles. The van der Waals surface area contributed by atoms with Crippen LogP contribution in [-0.4, -0.2) is 65.8 Å². The number of rotatable bonds is 5. The molecule has 1 aliphatic heterocycles. The third-order valence-corrected chi connectivity index (χ3v) is 6.77. The molecule has 4 rings (SSSR count). The van der Waals surface area contributed by atoms with Crippen LogP contribution in [0.4, 0.5) is 5.69 Å². The van der Waals surface area contributed by atoms with E-state index in [4.69, 9.17) is 11.6 Å². The van der Waals surface area contributed by atoms with E-state index < -0.39 is 0 Å². The lowest BCUT2D eigenvalue weighted by Crippen LogP contribution is -2.43. The Morgan fingerprint density at radius 3 is 2.50 bits per heavy atom. The van der Waals surface area contributed by atoms with Crippen LogP contribution in [0.25, 0.3) is 0 Å². The van der Waals surface area contributed by atoms with E-state index in [9.17, 15) is 5.11 Å². The monoisotopic (exact) mass is 452 g/mol. The van der Waals surface area contributed by atoms with Crippen molar-refractivity contribution in [1.82, 2.24) is 14.8 Å². The van der Waals surface area contributed by atoms with E-state index in [0.29, 0.717) is 11.1 Å². The van der Waals surface area contributed by atoms with Crippen molar-refractivity contribution in [3.05, 3.63) is 58.4 Å². The molecule has 2 aliphatic rings. The molecule has 1 aromatic carbocycles. The van der Waals surface area contributed by atoms with E-state index in [1.165, 1.54) is 5.56 Å². The summed E-state index contributed by atoms with van der Waals surface area (Å²) in [5.74, 6) is 7.11. The zero-order chi connectivity index (χ0) is 22.3. The fraction of sp³-hybridized carbons (Fsp3) is 0.500. The molecular formula is C26H33ClN4O. The van der Waals surface area contributed by atoms with Crippen LogP contribution in [0.5, 0.6) is 0 Å². The largest absolute Gasteiger partial charge is 0.393 e. The van der Waals surface area contributed by atoms with Crippen LogP contribution in [0, 0.1) is 17.8 Å². The van der Waals surface area contributed by atoms with Crippen LogP contribution in [0.15, 0.2) is 36.5 Å². The fourth-order valence-electron chi connectivity index (χ4n) is 4.38. The molecule has 5 nitrogen and oxygen atoms in total. The summed E-state index contributed by atoms with van der Waals surface area (Å²) < 4.78 is 0. The normalized spacial score (nSPS) is 22.2. The zero-order valence-corrected chi connectivity index (χ0v) is 19.6. The Kier molecular flexibility index (Phi) is 8.05. The van der Waals surface area contributed by atoms with Gasteiger partial charge in [-0.05, 0) is 62.4 Å². The van der Waals surface area contributed by atoms with Crippen LogP contribution in [-0.2, 0) is 6.54 Å². The lowest BCUT2D eigenvalue weighted by Gasteiger charge is -2.32. The van der Waals surface area contributed by atoms with Crippen molar-refractivity contribution in [1.29, 1.82) is 0 Å².